The summed E-state index contributed by atoms with van der Waals surface area (Å²) in [6.07, 6.45) is 2.18. The van der Waals surface area contributed by atoms with E-state index in [1.807, 2.05) is 44.2 Å². The molecule has 0 spiro atoms. The average Bonchev–Trinajstić information content (AvgIpc) is 3.23. The van der Waals surface area contributed by atoms with Crippen molar-refractivity contribution in [2.75, 3.05) is 25.5 Å². The summed E-state index contributed by atoms with van der Waals surface area (Å²) in [5.41, 5.74) is 1.55. The van der Waals surface area contributed by atoms with Gasteiger partial charge in [0.1, 0.15) is 6.04 Å². The monoisotopic (exact) mass is 415 g/mol. The van der Waals surface area contributed by atoms with E-state index in [9.17, 15) is 13.2 Å². The lowest BCUT2D eigenvalue weighted by atomic mass is 10.0. The van der Waals surface area contributed by atoms with Gasteiger partial charge in [0, 0.05) is 18.8 Å². The summed E-state index contributed by atoms with van der Waals surface area (Å²) < 4.78 is 26.5. The number of hydrogen-bond acceptors (Lipinski definition) is 4. The standard InChI is InChI=1S/C22H29N3O3S/c1-17(2)24(3)29(27,28)20-13-11-19(12-14-20)23-22(26)21(25-15-7-8-16-25)18-9-5-4-6-10-18/h4-6,9-14,17,21H,7-8,15-16H2,1-3H3,(H,23,26). The number of hydrogen-bond donors (Lipinski definition) is 1. The summed E-state index contributed by atoms with van der Waals surface area (Å²) in [6, 6.07) is 15.6. The van der Waals surface area contributed by atoms with E-state index < -0.39 is 10.0 Å². The molecule has 1 unspecified atom stereocenters. The number of likely N-dealkylation sites (tertiary alicyclic amines) is 1. The molecule has 29 heavy (non-hydrogen) atoms. The van der Waals surface area contributed by atoms with E-state index >= 15 is 0 Å². The van der Waals surface area contributed by atoms with Crippen molar-refractivity contribution in [1.82, 2.24) is 9.21 Å². The van der Waals surface area contributed by atoms with Crippen molar-refractivity contribution in [3.63, 3.8) is 0 Å². The van der Waals surface area contributed by atoms with E-state index in [4.69, 9.17) is 0 Å². The molecule has 7 heteroatoms. The predicted molar refractivity (Wildman–Crippen MR) is 115 cm³/mol. The lowest BCUT2D eigenvalue weighted by molar-refractivity contribution is -0.121. The highest BCUT2D eigenvalue weighted by Gasteiger charge is 2.30. The number of rotatable bonds is 7. The number of nitrogens with one attached hydrogen (secondary N) is 1. The van der Waals surface area contributed by atoms with Crippen LogP contribution < -0.4 is 5.32 Å². The number of carbonyl (C=O) groups is 1. The molecule has 1 aliphatic heterocycles. The minimum atomic E-state index is -3.54. The fraction of sp³-hybridized carbons (Fsp3) is 0.409. The van der Waals surface area contributed by atoms with Gasteiger partial charge >= 0.3 is 0 Å². The van der Waals surface area contributed by atoms with Gasteiger partial charge < -0.3 is 5.32 Å². The van der Waals surface area contributed by atoms with Crippen LogP contribution in [0.25, 0.3) is 0 Å². The molecule has 0 aliphatic carbocycles. The fourth-order valence-electron chi connectivity index (χ4n) is 3.53. The molecule has 2 aromatic rings. The Balaban J connectivity index is 1.78. The third-order valence-electron chi connectivity index (χ3n) is 5.40. The normalized spacial score (nSPS) is 16.3. The predicted octanol–water partition coefficient (Wildman–Crippen LogP) is 3.49. The van der Waals surface area contributed by atoms with Gasteiger partial charge in [-0.1, -0.05) is 30.3 Å². The van der Waals surface area contributed by atoms with E-state index in [2.05, 4.69) is 10.2 Å². The van der Waals surface area contributed by atoms with Crippen molar-refractivity contribution in [3.05, 3.63) is 60.2 Å². The molecule has 2 aromatic carbocycles. The molecule has 1 fully saturated rings. The Morgan fingerprint density at radius 3 is 2.14 bits per heavy atom. The van der Waals surface area contributed by atoms with Crippen LogP contribution in [-0.2, 0) is 14.8 Å². The first-order chi connectivity index (χ1) is 13.8. The van der Waals surface area contributed by atoms with Crippen molar-refractivity contribution < 1.29 is 13.2 Å². The SMILES string of the molecule is CC(C)N(C)S(=O)(=O)c1ccc(NC(=O)C(c2ccccc2)N2CCCC2)cc1. The second kappa shape index (κ2) is 9.07. The molecule has 1 saturated heterocycles. The van der Waals surface area contributed by atoms with Crippen molar-refractivity contribution in [1.29, 1.82) is 0 Å². The second-order valence-corrected chi connectivity index (χ2v) is 9.68. The Labute approximate surface area is 173 Å². The minimum absolute atomic E-state index is 0.104. The number of sulfonamides is 1. The van der Waals surface area contributed by atoms with Gasteiger partial charge in [-0.2, -0.15) is 4.31 Å². The Hall–Kier alpha value is -2.22. The van der Waals surface area contributed by atoms with Crippen molar-refractivity contribution in [3.8, 4) is 0 Å². The first-order valence-electron chi connectivity index (χ1n) is 9.98. The zero-order chi connectivity index (χ0) is 21.0. The molecule has 156 valence electrons. The Morgan fingerprint density at radius 2 is 1.59 bits per heavy atom. The van der Waals surface area contributed by atoms with Crippen LogP contribution in [0.3, 0.4) is 0 Å². The van der Waals surface area contributed by atoms with Gasteiger partial charge in [0.15, 0.2) is 0 Å². The zero-order valence-electron chi connectivity index (χ0n) is 17.2. The molecular formula is C22H29N3O3S. The molecule has 3 rings (SSSR count). The Morgan fingerprint density at radius 1 is 1.00 bits per heavy atom. The van der Waals surface area contributed by atoms with E-state index in [0.29, 0.717) is 5.69 Å². The number of nitrogens with zero attached hydrogens (tertiary/aromatic N) is 2. The molecule has 0 saturated carbocycles. The highest BCUT2D eigenvalue weighted by Crippen LogP contribution is 2.27. The molecular weight excluding hydrogens is 386 g/mol. The Kier molecular flexibility index (Phi) is 6.72. The van der Waals surface area contributed by atoms with E-state index in [-0.39, 0.29) is 22.9 Å². The highest BCUT2D eigenvalue weighted by atomic mass is 32.2. The fourth-order valence-corrected chi connectivity index (χ4v) is 4.90. The molecule has 1 N–H and O–H groups in total. The maximum Gasteiger partial charge on any atom is 0.246 e. The summed E-state index contributed by atoms with van der Waals surface area (Å²) in [7, 11) is -1.98. The van der Waals surface area contributed by atoms with E-state index in [1.165, 1.54) is 16.4 Å². The molecule has 0 aromatic heterocycles. The van der Waals surface area contributed by atoms with Crippen LogP contribution in [0.2, 0.25) is 0 Å². The van der Waals surface area contributed by atoms with Crippen LogP contribution in [0.4, 0.5) is 5.69 Å². The summed E-state index contributed by atoms with van der Waals surface area (Å²) in [4.78, 5) is 15.5. The third kappa shape index (κ3) is 4.86. The van der Waals surface area contributed by atoms with Crippen molar-refractivity contribution in [2.45, 2.75) is 43.7 Å². The molecule has 1 amide bonds. The molecule has 6 nitrogen and oxygen atoms in total. The molecule has 0 bridgehead atoms. The first kappa shape index (κ1) is 21.5. The van der Waals surface area contributed by atoms with Gasteiger partial charge in [0.2, 0.25) is 15.9 Å². The summed E-state index contributed by atoms with van der Waals surface area (Å²) in [6.45, 7) is 5.44. The largest absolute Gasteiger partial charge is 0.324 e. The van der Waals surface area contributed by atoms with Crippen molar-refractivity contribution >= 4 is 21.6 Å². The van der Waals surface area contributed by atoms with Crippen LogP contribution in [0.5, 0.6) is 0 Å². The number of carbonyl (C=O) groups excluding carboxylic acids is 1. The zero-order valence-corrected chi connectivity index (χ0v) is 18.0. The van der Waals surface area contributed by atoms with Crippen LogP contribution in [-0.4, -0.2) is 49.7 Å². The quantitative estimate of drug-likeness (QED) is 0.752. The lowest BCUT2D eigenvalue weighted by Gasteiger charge is -2.27. The summed E-state index contributed by atoms with van der Waals surface area (Å²) >= 11 is 0. The van der Waals surface area contributed by atoms with Crippen molar-refractivity contribution in [2.24, 2.45) is 0 Å². The molecule has 1 aliphatic rings. The van der Waals surface area contributed by atoms with Gasteiger partial charge in [-0.3, -0.25) is 9.69 Å². The summed E-state index contributed by atoms with van der Waals surface area (Å²) in [5, 5.41) is 2.96. The Bertz CT molecular complexity index is 922. The van der Waals surface area contributed by atoms with Crippen LogP contribution in [0, 0.1) is 0 Å². The minimum Gasteiger partial charge on any atom is -0.324 e. The highest BCUT2D eigenvalue weighted by molar-refractivity contribution is 7.89. The van der Waals surface area contributed by atoms with Gasteiger partial charge in [0.05, 0.1) is 4.90 Å². The average molecular weight is 416 g/mol. The van der Waals surface area contributed by atoms with Crippen LogP contribution in [0.1, 0.15) is 38.3 Å². The lowest BCUT2D eigenvalue weighted by Crippen LogP contribution is -2.35. The van der Waals surface area contributed by atoms with Gasteiger partial charge in [-0.15, -0.1) is 0 Å². The van der Waals surface area contributed by atoms with Crippen LogP contribution >= 0.6 is 0 Å². The smallest absolute Gasteiger partial charge is 0.246 e. The van der Waals surface area contributed by atoms with E-state index in [1.54, 1.807) is 19.2 Å². The topological polar surface area (TPSA) is 69.7 Å². The van der Waals surface area contributed by atoms with Gasteiger partial charge in [0.25, 0.3) is 0 Å². The van der Waals surface area contributed by atoms with Gasteiger partial charge in [-0.05, 0) is 69.6 Å². The number of anilines is 1. The molecule has 1 heterocycles. The van der Waals surface area contributed by atoms with Crippen LogP contribution in [0.15, 0.2) is 59.5 Å². The van der Waals surface area contributed by atoms with E-state index in [0.717, 1.165) is 31.5 Å². The second-order valence-electron chi connectivity index (χ2n) is 7.68. The molecule has 0 radical (unpaired) electrons. The maximum atomic E-state index is 13.1. The number of amides is 1. The number of benzene rings is 2. The molecule has 1 atom stereocenters. The van der Waals surface area contributed by atoms with Gasteiger partial charge in [-0.25, -0.2) is 8.42 Å². The maximum absolute atomic E-state index is 13.1. The third-order valence-corrected chi connectivity index (χ3v) is 7.44. The first-order valence-corrected chi connectivity index (χ1v) is 11.4. The summed E-state index contributed by atoms with van der Waals surface area (Å²) in [5.74, 6) is -0.104.